The number of esters is 1. The number of benzene rings is 1. The molecule has 2 unspecified atom stereocenters. The van der Waals surface area contributed by atoms with Gasteiger partial charge in [-0.2, -0.15) is 0 Å². The number of hydrogen-bond acceptors (Lipinski definition) is 3. The standard InChI is InChI=1S/C15H20N2O3/c1-10-4-6-12(7-5-10)16-15(19)17-8-11(2)13(9-17)14(18)20-3/h4-7,11,13H,8-9H2,1-3H3,(H,16,19). The molecule has 0 spiro atoms. The van der Waals surface area contributed by atoms with E-state index in [-0.39, 0.29) is 23.8 Å². The summed E-state index contributed by atoms with van der Waals surface area (Å²) < 4.78 is 4.77. The van der Waals surface area contributed by atoms with Gasteiger partial charge in [-0.15, -0.1) is 0 Å². The smallest absolute Gasteiger partial charge is 0.321 e. The molecule has 1 aliphatic rings. The van der Waals surface area contributed by atoms with Gasteiger partial charge in [0.15, 0.2) is 0 Å². The number of nitrogens with zero attached hydrogens (tertiary/aromatic N) is 1. The highest BCUT2D eigenvalue weighted by Crippen LogP contribution is 2.24. The van der Waals surface area contributed by atoms with Gasteiger partial charge in [-0.3, -0.25) is 4.79 Å². The third kappa shape index (κ3) is 3.10. The summed E-state index contributed by atoms with van der Waals surface area (Å²) in [7, 11) is 1.38. The second kappa shape index (κ2) is 5.94. The van der Waals surface area contributed by atoms with E-state index in [1.807, 2.05) is 38.1 Å². The summed E-state index contributed by atoms with van der Waals surface area (Å²) >= 11 is 0. The van der Waals surface area contributed by atoms with E-state index in [1.165, 1.54) is 7.11 Å². The average Bonchev–Trinajstić information content (AvgIpc) is 2.82. The van der Waals surface area contributed by atoms with Crippen molar-refractivity contribution in [3.63, 3.8) is 0 Å². The van der Waals surface area contributed by atoms with Crippen LogP contribution in [0.15, 0.2) is 24.3 Å². The third-order valence-corrected chi connectivity index (χ3v) is 3.71. The van der Waals surface area contributed by atoms with E-state index in [4.69, 9.17) is 4.74 Å². The Labute approximate surface area is 118 Å². The molecule has 1 saturated heterocycles. The Kier molecular flexibility index (Phi) is 4.27. The summed E-state index contributed by atoms with van der Waals surface area (Å²) in [5.74, 6) is -0.363. The summed E-state index contributed by atoms with van der Waals surface area (Å²) in [6.07, 6.45) is 0. The van der Waals surface area contributed by atoms with Crippen LogP contribution < -0.4 is 5.32 Å². The quantitative estimate of drug-likeness (QED) is 0.843. The largest absolute Gasteiger partial charge is 0.469 e. The molecule has 1 aliphatic heterocycles. The molecule has 1 fully saturated rings. The van der Waals surface area contributed by atoms with Crippen LogP contribution in [0.25, 0.3) is 0 Å². The monoisotopic (exact) mass is 276 g/mol. The molecule has 1 aromatic rings. The number of aryl methyl sites for hydroxylation is 1. The Morgan fingerprint density at radius 1 is 1.25 bits per heavy atom. The number of urea groups is 1. The second-order valence-corrected chi connectivity index (χ2v) is 5.31. The lowest BCUT2D eigenvalue weighted by molar-refractivity contribution is -0.145. The highest BCUT2D eigenvalue weighted by molar-refractivity contribution is 5.90. The molecule has 1 heterocycles. The lowest BCUT2D eigenvalue weighted by atomic mass is 9.99. The molecular formula is C15H20N2O3. The minimum absolute atomic E-state index is 0.117. The van der Waals surface area contributed by atoms with E-state index in [1.54, 1.807) is 4.90 Å². The van der Waals surface area contributed by atoms with Crippen LogP contribution in [0.2, 0.25) is 0 Å². The lowest BCUT2D eigenvalue weighted by Crippen LogP contribution is -2.34. The Hall–Kier alpha value is -2.04. The first-order valence-electron chi connectivity index (χ1n) is 6.71. The number of likely N-dealkylation sites (tertiary alicyclic amines) is 1. The van der Waals surface area contributed by atoms with Gasteiger partial charge in [-0.05, 0) is 25.0 Å². The van der Waals surface area contributed by atoms with Gasteiger partial charge in [0.25, 0.3) is 0 Å². The van der Waals surface area contributed by atoms with Gasteiger partial charge in [-0.1, -0.05) is 24.6 Å². The molecule has 20 heavy (non-hydrogen) atoms. The van der Waals surface area contributed by atoms with Crippen molar-refractivity contribution in [1.29, 1.82) is 0 Å². The van der Waals surface area contributed by atoms with Crippen LogP contribution in [-0.2, 0) is 9.53 Å². The van der Waals surface area contributed by atoms with E-state index < -0.39 is 0 Å². The van der Waals surface area contributed by atoms with Gasteiger partial charge in [0.05, 0.1) is 13.0 Å². The van der Waals surface area contributed by atoms with Crippen LogP contribution in [0.1, 0.15) is 12.5 Å². The molecule has 2 amide bonds. The maximum Gasteiger partial charge on any atom is 0.321 e. The highest BCUT2D eigenvalue weighted by atomic mass is 16.5. The molecule has 2 atom stereocenters. The van der Waals surface area contributed by atoms with E-state index in [2.05, 4.69) is 5.32 Å². The number of rotatable bonds is 2. The highest BCUT2D eigenvalue weighted by Gasteiger charge is 2.37. The number of hydrogen-bond donors (Lipinski definition) is 1. The van der Waals surface area contributed by atoms with Gasteiger partial charge in [0.2, 0.25) is 0 Å². The van der Waals surface area contributed by atoms with Crippen LogP contribution in [0.5, 0.6) is 0 Å². The Balaban J connectivity index is 1.97. The molecule has 0 radical (unpaired) electrons. The number of anilines is 1. The summed E-state index contributed by atoms with van der Waals surface area (Å²) in [5, 5.41) is 2.84. The lowest BCUT2D eigenvalue weighted by Gasteiger charge is -2.17. The molecule has 1 aromatic carbocycles. The van der Waals surface area contributed by atoms with Crippen molar-refractivity contribution in [2.45, 2.75) is 13.8 Å². The van der Waals surface area contributed by atoms with E-state index in [9.17, 15) is 9.59 Å². The fraction of sp³-hybridized carbons (Fsp3) is 0.467. The van der Waals surface area contributed by atoms with Crippen LogP contribution in [-0.4, -0.2) is 37.1 Å². The fourth-order valence-corrected chi connectivity index (χ4v) is 2.43. The van der Waals surface area contributed by atoms with Gasteiger partial charge in [0, 0.05) is 18.8 Å². The predicted octanol–water partition coefficient (Wildman–Crippen LogP) is 2.27. The first kappa shape index (κ1) is 14.4. The van der Waals surface area contributed by atoms with E-state index in [0.29, 0.717) is 13.1 Å². The maximum atomic E-state index is 12.2. The molecule has 2 rings (SSSR count). The number of ether oxygens (including phenoxy) is 1. The van der Waals surface area contributed by atoms with Crippen LogP contribution >= 0.6 is 0 Å². The van der Waals surface area contributed by atoms with E-state index >= 15 is 0 Å². The zero-order valence-corrected chi connectivity index (χ0v) is 12.1. The number of amides is 2. The molecular weight excluding hydrogens is 256 g/mol. The van der Waals surface area contributed by atoms with Gasteiger partial charge < -0.3 is 15.0 Å². The molecule has 0 bridgehead atoms. The summed E-state index contributed by atoms with van der Waals surface area (Å²) in [4.78, 5) is 25.4. The Morgan fingerprint density at radius 2 is 1.90 bits per heavy atom. The van der Waals surface area contributed by atoms with E-state index in [0.717, 1.165) is 11.3 Å². The number of carbonyl (C=O) groups excluding carboxylic acids is 2. The number of methoxy groups -OCH3 is 1. The second-order valence-electron chi connectivity index (χ2n) is 5.31. The molecule has 108 valence electrons. The van der Waals surface area contributed by atoms with Crippen molar-refractivity contribution in [1.82, 2.24) is 4.90 Å². The van der Waals surface area contributed by atoms with Gasteiger partial charge >= 0.3 is 12.0 Å². The van der Waals surface area contributed by atoms with Crippen LogP contribution in [0, 0.1) is 18.8 Å². The zero-order valence-electron chi connectivity index (χ0n) is 12.1. The Bertz CT molecular complexity index is 498. The van der Waals surface area contributed by atoms with Crippen molar-refractivity contribution < 1.29 is 14.3 Å². The maximum absolute atomic E-state index is 12.2. The van der Waals surface area contributed by atoms with Crippen LogP contribution in [0.4, 0.5) is 10.5 Å². The zero-order chi connectivity index (χ0) is 14.7. The predicted molar refractivity (Wildman–Crippen MR) is 76.4 cm³/mol. The summed E-state index contributed by atoms with van der Waals surface area (Å²) in [5.41, 5.74) is 1.90. The third-order valence-electron chi connectivity index (χ3n) is 3.71. The fourth-order valence-electron chi connectivity index (χ4n) is 2.43. The normalized spacial score (nSPS) is 21.6. The van der Waals surface area contributed by atoms with Crippen molar-refractivity contribution >= 4 is 17.7 Å². The van der Waals surface area contributed by atoms with Crippen molar-refractivity contribution in [3.05, 3.63) is 29.8 Å². The first-order chi connectivity index (χ1) is 9.51. The first-order valence-corrected chi connectivity index (χ1v) is 6.71. The summed E-state index contributed by atoms with van der Waals surface area (Å²) in [6, 6.07) is 7.45. The van der Waals surface area contributed by atoms with Gasteiger partial charge in [0.1, 0.15) is 0 Å². The molecule has 5 nitrogen and oxygen atoms in total. The van der Waals surface area contributed by atoms with Crippen molar-refractivity contribution in [2.24, 2.45) is 11.8 Å². The SMILES string of the molecule is COC(=O)C1CN(C(=O)Nc2ccc(C)cc2)CC1C. The number of nitrogens with one attached hydrogen (secondary N) is 1. The molecule has 0 saturated carbocycles. The molecule has 0 aliphatic carbocycles. The summed E-state index contributed by atoms with van der Waals surface area (Å²) in [6.45, 7) is 4.93. The topological polar surface area (TPSA) is 58.6 Å². The minimum atomic E-state index is -0.247. The Morgan fingerprint density at radius 3 is 2.50 bits per heavy atom. The van der Waals surface area contributed by atoms with Crippen molar-refractivity contribution in [3.8, 4) is 0 Å². The molecule has 5 heteroatoms. The van der Waals surface area contributed by atoms with Crippen molar-refractivity contribution in [2.75, 3.05) is 25.5 Å². The molecule has 1 N–H and O–H groups in total. The minimum Gasteiger partial charge on any atom is -0.469 e. The molecule has 0 aromatic heterocycles. The van der Waals surface area contributed by atoms with Gasteiger partial charge in [-0.25, -0.2) is 4.79 Å². The average molecular weight is 276 g/mol. The van der Waals surface area contributed by atoms with Crippen LogP contribution in [0.3, 0.4) is 0 Å². The number of carbonyl (C=O) groups is 2.